The van der Waals surface area contributed by atoms with Gasteiger partial charge in [-0.2, -0.15) is 0 Å². The first-order valence-corrected chi connectivity index (χ1v) is 7.80. The first-order valence-electron chi connectivity index (χ1n) is 7.04. The Labute approximate surface area is 158 Å². The molecule has 1 aromatic carbocycles. The standard InChI is InChI=1S/C16H13Cl2FN2O5/c1-7(22)20-11-6-10(21-15(12(11)18)26-16(23)25-3)8-4-5-9(17)14(24-2)13(8)19/h4-6H,1-3H3,(H,20,21,22). The first-order chi connectivity index (χ1) is 12.3. The number of hydrogen-bond acceptors (Lipinski definition) is 6. The maximum atomic E-state index is 14.7. The summed E-state index contributed by atoms with van der Waals surface area (Å²) < 4.78 is 28.9. The second kappa shape index (κ2) is 8.20. The lowest BCUT2D eigenvalue weighted by molar-refractivity contribution is -0.114. The number of ether oxygens (including phenoxy) is 3. The van der Waals surface area contributed by atoms with Crippen molar-refractivity contribution in [2.24, 2.45) is 0 Å². The molecule has 2 rings (SSSR count). The highest BCUT2D eigenvalue weighted by atomic mass is 35.5. The lowest BCUT2D eigenvalue weighted by Gasteiger charge is -2.13. The number of amides is 1. The molecule has 7 nitrogen and oxygen atoms in total. The lowest BCUT2D eigenvalue weighted by Crippen LogP contribution is -2.12. The average Bonchev–Trinajstić information content (AvgIpc) is 2.58. The van der Waals surface area contributed by atoms with E-state index in [4.69, 9.17) is 32.7 Å². The number of benzene rings is 1. The number of nitrogens with one attached hydrogen (secondary N) is 1. The van der Waals surface area contributed by atoms with Gasteiger partial charge in [0.25, 0.3) is 0 Å². The Balaban J connectivity index is 2.66. The van der Waals surface area contributed by atoms with Crippen molar-refractivity contribution < 1.29 is 28.2 Å². The molecule has 0 aliphatic rings. The minimum absolute atomic E-state index is 0.00997. The fourth-order valence-corrected chi connectivity index (χ4v) is 2.44. The third-order valence-corrected chi connectivity index (χ3v) is 3.78. The van der Waals surface area contributed by atoms with E-state index in [1.54, 1.807) is 0 Å². The molecule has 0 atom stereocenters. The number of rotatable bonds is 4. The maximum absolute atomic E-state index is 14.7. The van der Waals surface area contributed by atoms with Crippen molar-refractivity contribution in [2.45, 2.75) is 6.92 Å². The Hall–Kier alpha value is -2.58. The number of pyridine rings is 1. The summed E-state index contributed by atoms with van der Waals surface area (Å²) in [7, 11) is 2.36. The monoisotopic (exact) mass is 402 g/mol. The molecular formula is C16H13Cl2FN2O5. The van der Waals surface area contributed by atoms with Crippen molar-refractivity contribution >= 4 is 41.0 Å². The van der Waals surface area contributed by atoms with Crippen LogP contribution in [-0.4, -0.2) is 31.3 Å². The lowest BCUT2D eigenvalue weighted by atomic mass is 10.1. The van der Waals surface area contributed by atoms with E-state index in [0.29, 0.717) is 0 Å². The zero-order valence-electron chi connectivity index (χ0n) is 13.9. The molecule has 0 spiro atoms. The van der Waals surface area contributed by atoms with Gasteiger partial charge in [-0.3, -0.25) is 4.79 Å². The van der Waals surface area contributed by atoms with Crippen LogP contribution >= 0.6 is 23.2 Å². The second-order valence-corrected chi connectivity index (χ2v) is 5.64. The van der Waals surface area contributed by atoms with E-state index in [0.717, 1.165) is 7.11 Å². The molecule has 0 saturated carbocycles. The number of aromatic nitrogens is 1. The maximum Gasteiger partial charge on any atom is 0.514 e. The van der Waals surface area contributed by atoms with Crippen LogP contribution in [0, 0.1) is 5.82 Å². The topological polar surface area (TPSA) is 86.8 Å². The molecule has 2 aromatic rings. The van der Waals surface area contributed by atoms with Crippen molar-refractivity contribution in [1.29, 1.82) is 0 Å². The van der Waals surface area contributed by atoms with Crippen LogP contribution in [0.3, 0.4) is 0 Å². The minimum atomic E-state index is -1.08. The number of nitrogens with zero attached hydrogens (tertiary/aromatic N) is 1. The molecule has 0 aliphatic heterocycles. The van der Waals surface area contributed by atoms with E-state index in [1.165, 1.54) is 32.2 Å². The van der Waals surface area contributed by atoms with Gasteiger partial charge in [-0.15, -0.1) is 0 Å². The summed E-state index contributed by atoms with van der Waals surface area (Å²) in [5.41, 5.74) is 0.0742. The quantitative estimate of drug-likeness (QED) is 0.766. The SMILES string of the molecule is COC(=O)Oc1nc(-c2ccc(Cl)c(OC)c2F)cc(NC(C)=O)c1Cl. The zero-order valence-corrected chi connectivity index (χ0v) is 15.4. The van der Waals surface area contributed by atoms with Crippen molar-refractivity contribution in [1.82, 2.24) is 4.98 Å². The van der Waals surface area contributed by atoms with Gasteiger partial charge in [-0.05, 0) is 18.2 Å². The van der Waals surface area contributed by atoms with Crippen LogP contribution in [0.15, 0.2) is 18.2 Å². The Bertz CT molecular complexity index is 876. The number of anilines is 1. The molecule has 138 valence electrons. The normalized spacial score (nSPS) is 10.2. The van der Waals surface area contributed by atoms with Gasteiger partial charge in [0, 0.05) is 12.5 Å². The highest BCUT2D eigenvalue weighted by Crippen LogP contribution is 2.39. The second-order valence-electron chi connectivity index (χ2n) is 4.85. The summed E-state index contributed by atoms with van der Waals surface area (Å²) >= 11 is 12.0. The zero-order chi connectivity index (χ0) is 19.4. The van der Waals surface area contributed by atoms with Gasteiger partial charge in [-0.25, -0.2) is 14.2 Å². The number of carbonyl (C=O) groups is 2. The van der Waals surface area contributed by atoms with Crippen LogP contribution < -0.4 is 14.8 Å². The number of hydrogen-bond donors (Lipinski definition) is 1. The Morgan fingerprint density at radius 1 is 1.23 bits per heavy atom. The first kappa shape index (κ1) is 19.7. The Morgan fingerprint density at radius 2 is 1.92 bits per heavy atom. The van der Waals surface area contributed by atoms with E-state index >= 15 is 0 Å². The van der Waals surface area contributed by atoms with E-state index in [2.05, 4.69) is 15.0 Å². The van der Waals surface area contributed by atoms with Gasteiger partial charge in [0.2, 0.25) is 11.8 Å². The molecule has 1 heterocycles. The van der Waals surface area contributed by atoms with E-state index in [1.807, 2.05) is 0 Å². The van der Waals surface area contributed by atoms with E-state index in [9.17, 15) is 14.0 Å². The fourth-order valence-electron chi connectivity index (χ4n) is 2.03. The molecule has 26 heavy (non-hydrogen) atoms. The third kappa shape index (κ3) is 4.14. The summed E-state index contributed by atoms with van der Waals surface area (Å²) in [5, 5.41) is 2.36. The van der Waals surface area contributed by atoms with Crippen molar-refractivity contribution in [3.8, 4) is 22.9 Å². The van der Waals surface area contributed by atoms with Gasteiger partial charge in [0.1, 0.15) is 5.02 Å². The summed E-state index contributed by atoms with van der Waals surface area (Å²) in [6.07, 6.45) is -1.08. The Morgan fingerprint density at radius 3 is 2.50 bits per heavy atom. The van der Waals surface area contributed by atoms with Gasteiger partial charge in [0.05, 0.1) is 30.6 Å². The van der Waals surface area contributed by atoms with Gasteiger partial charge in [0.15, 0.2) is 11.6 Å². The molecule has 0 unspecified atom stereocenters. The molecular weight excluding hydrogens is 390 g/mol. The van der Waals surface area contributed by atoms with Gasteiger partial charge < -0.3 is 19.5 Å². The predicted molar refractivity (Wildman–Crippen MR) is 93.5 cm³/mol. The highest BCUT2D eigenvalue weighted by Gasteiger charge is 2.21. The molecule has 0 fully saturated rings. The largest absolute Gasteiger partial charge is 0.514 e. The minimum Gasteiger partial charge on any atom is -0.492 e. The number of halogens is 3. The summed E-state index contributed by atoms with van der Waals surface area (Å²) in [6.45, 7) is 1.25. The van der Waals surface area contributed by atoms with Crippen LogP contribution in [0.2, 0.25) is 10.0 Å². The van der Waals surface area contributed by atoms with Crippen LogP contribution in [0.1, 0.15) is 6.92 Å². The summed E-state index contributed by atoms with van der Waals surface area (Å²) in [5.74, 6) is -1.78. The Kier molecular flexibility index (Phi) is 6.23. The molecule has 1 N–H and O–H groups in total. The van der Waals surface area contributed by atoms with Gasteiger partial charge in [-0.1, -0.05) is 23.2 Å². The molecule has 1 aromatic heterocycles. The van der Waals surface area contributed by atoms with E-state index in [-0.39, 0.29) is 38.6 Å². The molecule has 0 radical (unpaired) electrons. The van der Waals surface area contributed by atoms with Crippen LogP contribution in [0.5, 0.6) is 11.6 Å². The fraction of sp³-hybridized carbons (Fsp3) is 0.188. The predicted octanol–water partition coefficient (Wildman–Crippen LogP) is 4.31. The molecule has 10 heteroatoms. The number of carbonyl (C=O) groups excluding carboxylic acids is 2. The van der Waals surface area contributed by atoms with Gasteiger partial charge >= 0.3 is 6.16 Å². The summed E-state index contributed by atoms with van der Waals surface area (Å²) in [6, 6.07) is 4.09. The summed E-state index contributed by atoms with van der Waals surface area (Å²) in [4.78, 5) is 26.8. The van der Waals surface area contributed by atoms with Crippen molar-refractivity contribution in [3.63, 3.8) is 0 Å². The smallest absolute Gasteiger partial charge is 0.492 e. The number of methoxy groups -OCH3 is 2. The average molecular weight is 403 g/mol. The molecule has 0 aliphatic carbocycles. The van der Waals surface area contributed by atoms with Crippen molar-refractivity contribution in [3.05, 3.63) is 34.1 Å². The molecule has 1 amide bonds. The van der Waals surface area contributed by atoms with E-state index < -0.39 is 17.9 Å². The third-order valence-electron chi connectivity index (χ3n) is 3.11. The highest BCUT2D eigenvalue weighted by molar-refractivity contribution is 6.35. The van der Waals surface area contributed by atoms with Crippen molar-refractivity contribution in [2.75, 3.05) is 19.5 Å². The molecule has 0 bridgehead atoms. The molecule has 0 saturated heterocycles. The van der Waals surface area contributed by atoms with Crippen LogP contribution in [0.25, 0.3) is 11.3 Å². The van der Waals surface area contributed by atoms with Crippen LogP contribution in [0.4, 0.5) is 14.9 Å². The van der Waals surface area contributed by atoms with Crippen LogP contribution in [-0.2, 0) is 9.53 Å².